The minimum absolute atomic E-state index is 0.111. The Morgan fingerprint density at radius 2 is 2.00 bits per heavy atom. The molecule has 0 aliphatic heterocycles. The highest BCUT2D eigenvalue weighted by Crippen LogP contribution is 2.34. The zero-order valence-electron chi connectivity index (χ0n) is 12.6. The first-order valence-electron chi connectivity index (χ1n) is 6.99. The molecule has 0 aliphatic carbocycles. The van der Waals surface area contributed by atoms with Crippen LogP contribution in [0.25, 0.3) is 22.2 Å². The Kier molecular flexibility index (Phi) is 3.72. The molecule has 0 radical (unpaired) electrons. The number of benzene rings is 1. The number of hydrogen-bond donors (Lipinski definition) is 0. The van der Waals surface area contributed by atoms with Gasteiger partial charge in [0.25, 0.3) is 0 Å². The molecule has 3 aromatic rings. The van der Waals surface area contributed by atoms with Crippen molar-refractivity contribution < 1.29 is 4.39 Å². The minimum atomic E-state index is -0.499. The van der Waals surface area contributed by atoms with Gasteiger partial charge in [0.15, 0.2) is 0 Å². The molecule has 0 saturated carbocycles. The van der Waals surface area contributed by atoms with Crippen LogP contribution in [0.15, 0.2) is 34.9 Å². The molecule has 114 valence electrons. The fraction of sp³-hybridized carbons (Fsp3) is 0.312. The quantitative estimate of drug-likeness (QED) is 0.632. The summed E-state index contributed by atoms with van der Waals surface area (Å²) in [6.45, 7) is 7.25. The van der Waals surface area contributed by atoms with E-state index in [1.54, 1.807) is 6.07 Å². The summed E-state index contributed by atoms with van der Waals surface area (Å²) in [5, 5.41) is 8.51. The smallest absolute Gasteiger partial charge is 0.213 e. The highest BCUT2D eigenvalue weighted by Gasteiger charge is 2.17. The van der Waals surface area contributed by atoms with Crippen molar-refractivity contribution in [3.63, 3.8) is 0 Å². The molecule has 22 heavy (non-hydrogen) atoms. The molecular formula is C16H16BrFN4. The fourth-order valence-electron chi connectivity index (χ4n) is 2.36. The molecule has 1 aromatic carbocycles. The van der Waals surface area contributed by atoms with E-state index in [1.165, 1.54) is 12.3 Å². The lowest BCUT2D eigenvalue weighted by Gasteiger charge is -2.18. The molecule has 0 fully saturated rings. The van der Waals surface area contributed by atoms with E-state index in [2.05, 4.69) is 52.0 Å². The zero-order chi connectivity index (χ0) is 15.9. The number of fused-ring (bicyclic) bond motifs is 1. The van der Waals surface area contributed by atoms with E-state index in [0.29, 0.717) is 0 Å². The van der Waals surface area contributed by atoms with Crippen LogP contribution in [-0.4, -0.2) is 20.0 Å². The molecule has 0 unspecified atom stereocenters. The third-order valence-corrected chi connectivity index (χ3v) is 4.09. The van der Waals surface area contributed by atoms with Crippen molar-refractivity contribution in [3.8, 4) is 11.1 Å². The Morgan fingerprint density at radius 3 is 2.68 bits per heavy atom. The van der Waals surface area contributed by atoms with Gasteiger partial charge in [0.1, 0.15) is 5.52 Å². The van der Waals surface area contributed by atoms with Gasteiger partial charge >= 0.3 is 0 Å². The number of nitrogens with zero attached hydrogens (tertiary/aromatic N) is 4. The van der Waals surface area contributed by atoms with Crippen molar-refractivity contribution in [2.24, 2.45) is 5.41 Å². The van der Waals surface area contributed by atoms with Gasteiger partial charge in [-0.2, -0.15) is 4.39 Å². The van der Waals surface area contributed by atoms with Gasteiger partial charge in [-0.05, 0) is 44.6 Å². The molecule has 0 atom stereocenters. The third-order valence-electron chi connectivity index (χ3n) is 3.29. The van der Waals surface area contributed by atoms with Crippen molar-refractivity contribution in [2.75, 3.05) is 0 Å². The van der Waals surface area contributed by atoms with Crippen LogP contribution in [-0.2, 0) is 6.54 Å². The zero-order valence-corrected chi connectivity index (χ0v) is 14.2. The van der Waals surface area contributed by atoms with Crippen molar-refractivity contribution >= 4 is 27.0 Å². The maximum Gasteiger partial charge on any atom is 0.213 e. The van der Waals surface area contributed by atoms with Crippen LogP contribution in [0.5, 0.6) is 0 Å². The average Bonchev–Trinajstić information content (AvgIpc) is 2.81. The molecule has 0 N–H and O–H groups in total. The number of rotatable bonds is 2. The van der Waals surface area contributed by atoms with E-state index in [4.69, 9.17) is 0 Å². The van der Waals surface area contributed by atoms with Crippen molar-refractivity contribution in [2.45, 2.75) is 27.3 Å². The number of aromatic nitrogens is 4. The lowest BCUT2D eigenvalue weighted by molar-refractivity contribution is 0.327. The molecule has 4 nitrogen and oxygen atoms in total. The summed E-state index contributed by atoms with van der Waals surface area (Å²) in [5.74, 6) is -0.499. The van der Waals surface area contributed by atoms with Crippen LogP contribution in [0.4, 0.5) is 4.39 Å². The maximum absolute atomic E-state index is 13.3. The number of hydrogen-bond acceptors (Lipinski definition) is 3. The third kappa shape index (κ3) is 2.88. The SMILES string of the molecule is CC(C)(C)Cn1nnc2c(Br)c(-c3ccnc(F)c3)ccc21. The minimum Gasteiger partial charge on any atom is -0.244 e. The van der Waals surface area contributed by atoms with E-state index in [-0.39, 0.29) is 5.41 Å². The molecule has 6 heteroatoms. The van der Waals surface area contributed by atoms with Crippen LogP contribution >= 0.6 is 15.9 Å². The number of pyridine rings is 1. The average molecular weight is 363 g/mol. The normalized spacial score (nSPS) is 12.0. The first-order chi connectivity index (χ1) is 10.3. The molecule has 3 rings (SSSR count). The van der Waals surface area contributed by atoms with Gasteiger partial charge in [-0.15, -0.1) is 5.10 Å². The lowest BCUT2D eigenvalue weighted by atomic mass is 9.97. The topological polar surface area (TPSA) is 43.6 Å². The molecule has 2 aromatic heterocycles. The van der Waals surface area contributed by atoms with Gasteiger partial charge in [-0.3, -0.25) is 0 Å². The summed E-state index contributed by atoms with van der Waals surface area (Å²) in [7, 11) is 0. The number of halogens is 2. The molecule has 0 amide bonds. The largest absolute Gasteiger partial charge is 0.244 e. The van der Waals surface area contributed by atoms with Gasteiger partial charge < -0.3 is 0 Å². The second-order valence-electron chi connectivity index (χ2n) is 6.47. The molecule has 0 bridgehead atoms. The predicted octanol–water partition coefficient (Wildman–Crippen LogP) is 4.44. The Morgan fingerprint density at radius 1 is 1.23 bits per heavy atom. The second kappa shape index (κ2) is 5.43. The summed E-state index contributed by atoms with van der Waals surface area (Å²) in [4.78, 5) is 3.59. The van der Waals surface area contributed by atoms with Gasteiger partial charge in [0.05, 0.1) is 9.99 Å². The first kappa shape index (κ1) is 15.1. The Bertz CT molecular complexity index is 836. The van der Waals surface area contributed by atoms with E-state index >= 15 is 0 Å². The summed E-state index contributed by atoms with van der Waals surface area (Å²) < 4.78 is 16.0. The molecular weight excluding hydrogens is 347 g/mol. The molecule has 0 saturated heterocycles. The van der Waals surface area contributed by atoms with Crippen molar-refractivity contribution in [3.05, 3.63) is 40.9 Å². The van der Waals surface area contributed by atoms with Crippen molar-refractivity contribution in [1.82, 2.24) is 20.0 Å². The van der Waals surface area contributed by atoms with Crippen LogP contribution in [0.2, 0.25) is 0 Å². The van der Waals surface area contributed by atoms with E-state index in [1.807, 2.05) is 16.8 Å². The summed E-state index contributed by atoms with van der Waals surface area (Å²) in [6.07, 6.45) is 1.46. The van der Waals surface area contributed by atoms with E-state index < -0.39 is 5.95 Å². The molecule has 0 spiro atoms. The van der Waals surface area contributed by atoms with Crippen LogP contribution < -0.4 is 0 Å². The monoisotopic (exact) mass is 362 g/mol. The Labute approximate surface area is 136 Å². The first-order valence-corrected chi connectivity index (χ1v) is 7.78. The second-order valence-corrected chi connectivity index (χ2v) is 7.26. The molecule has 2 heterocycles. The summed E-state index contributed by atoms with van der Waals surface area (Å²) in [5.41, 5.74) is 3.47. The van der Waals surface area contributed by atoms with Gasteiger partial charge in [0, 0.05) is 18.8 Å². The fourth-order valence-corrected chi connectivity index (χ4v) is 3.01. The van der Waals surface area contributed by atoms with Crippen LogP contribution in [0.1, 0.15) is 20.8 Å². The summed E-state index contributed by atoms with van der Waals surface area (Å²) >= 11 is 3.58. The summed E-state index contributed by atoms with van der Waals surface area (Å²) in [6, 6.07) is 7.10. The standard InChI is InChI=1S/C16H16BrFN4/c1-16(2,3)9-22-12-5-4-11(14(17)15(12)20-21-22)10-6-7-19-13(18)8-10/h4-8H,9H2,1-3H3. The van der Waals surface area contributed by atoms with Gasteiger partial charge in [-0.1, -0.05) is 32.1 Å². The van der Waals surface area contributed by atoms with Gasteiger partial charge in [0.2, 0.25) is 5.95 Å². The Balaban J connectivity index is 2.11. The van der Waals surface area contributed by atoms with E-state index in [0.717, 1.165) is 33.2 Å². The molecule has 0 aliphatic rings. The predicted molar refractivity (Wildman–Crippen MR) is 87.9 cm³/mol. The van der Waals surface area contributed by atoms with Crippen LogP contribution in [0, 0.1) is 11.4 Å². The lowest BCUT2D eigenvalue weighted by Crippen LogP contribution is -2.16. The van der Waals surface area contributed by atoms with E-state index in [9.17, 15) is 4.39 Å². The van der Waals surface area contributed by atoms with Gasteiger partial charge in [-0.25, -0.2) is 9.67 Å². The van der Waals surface area contributed by atoms with Crippen molar-refractivity contribution in [1.29, 1.82) is 0 Å². The van der Waals surface area contributed by atoms with Crippen LogP contribution in [0.3, 0.4) is 0 Å². The maximum atomic E-state index is 13.3. The highest BCUT2D eigenvalue weighted by atomic mass is 79.9. The Hall–Kier alpha value is -1.82. The highest BCUT2D eigenvalue weighted by molar-refractivity contribution is 9.10.